The summed E-state index contributed by atoms with van der Waals surface area (Å²) in [6.45, 7) is 2.96. The fourth-order valence-electron chi connectivity index (χ4n) is 2.85. The molecular formula is C16H20O7. The highest BCUT2D eigenvalue weighted by Crippen LogP contribution is 2.40. The van der Waals surface area contributed by atoms with Gasteiger partial charge in [0.1, 0.15) is 18.3 Å². The van der Waals surface area contributed by atoms with E-state index in [4.69, 9.17) is 24.1 Å². The molecular weight excluding hydrogens is 304 g/mol. The zero-order valence-electron chi connectivity index (χ0n) is 12.9. The topological polar surface area (TPSA) is 94.5 Å². The molecule has 7 heteroatoms. The number of aliphatic hydroxyl groups is 2. The fraction of sp³-hybridized carbons (Fsp3) is 0.562. The Bertz CT molecular complexity index is 559. The van der Waals surface area contributed by atoms with Crippen LogP contribution in [0.5, 0.6) is 0 Å². The lowest BCUT2D eigenvalue weighted by atomic mass is 10.1. The number of hydrogen-bond acceptors (Lipinski definition) is 7. The van der Waals surface area contributed by atoms with E-state index in [1.165, 1.54) is 0 Å². The van der Waals surface area contributed by atoms with Crippen molar-refractivity contribution in [3.05, 3.63) is 35.9 Å². The van der Waals surface area contributed by atoms with Gasteiger partial charge >= 0.3 is 5.97 Å². The summed E-state index contributed by atoms with van der Waals surface area (Å²) < 4.78 is 22.4. The van der Waals surface area contributed by atoms with Crippen molar-refractivity contribution in [2.75, 3.05) is 6.61 Å². The van der Waals surface area contributed by atoms with Crippen LogP contribution in [0.2, 0.25) is 0 Å². The summed E-state index contributed by atoms with van der Waals surface area (Å²) in [5, 5.41) is 19.1. The van der Waals surface area contributed by atoms with Crippen LogP contribution in [0.15, 0.2) is 30.3 Å². The van der Waals surface area contributed by atoms with Crippen LogP contribution < -0.4 is 0 Å². The highest BCUT2D eigenvalue weighted by Gasteiger charge is 2.58. The molecule has 2 aliphatic rings. The lowest BCUT2D eigenvalue weighted by molar-refractivity contribution is -0.231. The summed E-state index contributed by atoms with van der Waals surface area (Å²) in [6.07, 6.45) is -4.29. The molecule has 0 aliphatic carbocycles. The fourth-order valence-corrected chi connectivity index (χ4v) is 2.85. The number of rotatable bonds is 4. The molecule has 0 aromatic heterocycles. The molecule has 0 unspecified atom stereocenters. The molecule has 2 saturated heterocycles. The standard InChI is InChI=1S/C16H20O7/c1-16(2)22-12-11(10(18)8-17)20-15(13(12)23-16)21-14(19)9-6-4-3-5-7-9/h3-7,10-13,15,17-18H,8H2,1-2H3/t10-,11-,12-,13-,15+/m1/s1. The lowest BCUT2D eigenvalue weighted by Crippen LogP contribution is -2.40. The second-order valence-electron chi connectivity index (χ2n) is 6.06. The normalized spacial score (nSPS) is 33.2. The molecule has 0 saturated carbocycles. The summed E-state index contributed by atoms with van der Waals surface area (Å²) in [6, 6.07) is 8.51. The van der Waals surface area contributed by atoms with Crippen molar-refractivity contribution in [2.45, 2.75) is 50.3 Å². The van der Waals surface area contributed by atoms with E-state index in [1.807, 2.05) is 0 Å². The molecule has 2 fully saturated rings. The Morgan fingerprint density at radius 1 is 1.26 bits per heavy atom. The Morgan fingerprint density at radius 2 is 1.91 bits per heavy atom. The second-order valence-corrected chi connectivity index (χ2v) is 6.06. The highest BCUT2D eigenvalue weighted by molar-refractivity contribution is 5.89. The van der Waals surface area contributed by atoms with E-state index < -0.39 is 49.1 Å². The molecule has 0 spiro atoms. The maximum atomic E-state index is 12.2. The van der Waals surface area contributed by atoms with E-state index in [1.54, 1.807) is 44.2 Å². The zero-order valence-corrected chi connectivity index (χ0v) is 12.9. The van der Waals surface area contributed by atoms with Crippen LogP contribution in [0, 0.1) is 0 Å². The van der Waals surface area contributed by atoms with Crippen LogP contribution in [-0.4, -0.2) is 59.3 Å². The van der Waals surface area contributed by atoms with Gasteiger partial charge in [0.2, 0.25) is 6.29 Å². The molecule has 1 aromatic carbocycles. The summed E-state index contributed by atoms with van der Waals surface area (Å²) >= 11 is 0. The smallest absolute Gasteiger partial charge is 0.340 e. The van der Waals surface area contributed by atoms with Gasteiger partial charge in [0.05, 0.1) is 12.2 Å². The highest BCUT2D eigenvalue weighted by atomic mass is 16.8. The Hall–Kier alpha value is -1.51. The Kier molecular flexibility index (Phi) is 4.39. The van der Waals surface area contributed by atoms with Crippen molar-refractivity contribution >= 4 is 5.97 Å². The first kappa shape index (κ1) is 16.4. The Morgan fingerprint density at radius 3 is 2.57 bits per heavy atom. The molecule has 126 valence electrons. The third-order valence-electron chi connectivity index (χ3n) is 3.85. The number of ether oxygens (including phenoxy) is 4. The van der Waals surface area contributed by atoms with Gasteiger partial charge in [-0.25, -0.2) is 4.79 Å². The van der Waals surface area contributed by atoms with Gasteiger partial charge in [-0.2, -0.15) is 0 Å². The minimum Gasteiger partial charge on any atom is -0.429 e. The van der Waals surface area contributed by atoms with Crippen LogP contribution in [0.3, 0.4) is 0 Å². The van der Waals surface area contributed by atoms with Crippen molar-refractivity contribution in [1.82, 2.24) is 0 Å². The molecule has 2 aliphatic heterocycles. The van der Waals surface area contributed by atoms with Crippen molar-refractivity contribution in [2.24, 2.45) is 0 Å². The second kappa shape index (κ2) is 6.18. The third-order valence-corrected chi connectivity index (χ3v) is 3.85. The molecule has 5 atom stereocenters. The number of carbonyl (C=O) groups is 1. The van der Waals surface area contributed by atoms with Crippen molar-refractivity contribution in [1.29, 1.82) is 0 Å². The van der Waals surface area contributed by atoms with E-state index in [0.29, 0.717) is 5.56 Å². The first-order valence-corrected chi connectivity index (χ1v) is 7.47. The van der Waals surface area contributed by atoms with Gasteiger partial charge in [0, 0.05) is 0 Å². The predicted octanol–water partition coefficient (Wildman–Crippen LogP) is 0.442. The van der Waals surface area contributed by atoms with Gasteiger partial charge in [0.15, 0.2) is 11.9 Å². The van der Waals surface area contributed by atoms with E-state index in [2.05, 4.69) is 0 Å². The molecule has 0 amide bonds. The van der Waals surface area contributed by atoms with Crippen LogP contribution in [0.4, 0.5) is 0 Å². The summed E-state index contributed by atoms with van der Waals surface area (Å²) in [7, 11) is 0. The molecule has 1 aromatic rings. The minimum absolute atomic E-state index is 0.386. The number of hydrogen-bond donors (Lipinski definition) is 2. The summed E-state index contributed by atoms with van der Waals surface area (Å²) in [5.41, 5.74) is 0.386. The number of aliphatic hydroxyl groups excluding tert-OH is 2. The number of esters is 1. The van der Waals surface area contributed by atoms with E-state index in [9.17, 15) is 9.90 Å². The predicted molar refractivity (Wildman–Crippen MR) is 77.4 cm³/mol. The quantitative estimate of drug-likeness (QED) is 0.776. The summed E-state index contributed by atoms with van der Waals surface area (Å²) in [5.74, 6) is -1.44. The number of benzene rings is 1. The molecule has 23 heavy (non-hydrogen) atoms. The average Bonchev–Trinajstić information content (AvgIpc) is 3.01. The number of carbonyl (C=O) groups excluding carboxylic acids is 1. The zero-order chi connectivity index (χ0) is 16.6. The van der Waals surface area contributed by atoms with Crippen LogP contribution in [0.1, 0.15) is 24.2 Å². The minimum atomic E-state index is -1.15. The molecule has 0 bridgehead atoms. The van der Waals surface area contributed by atoms with Crippen LogP contribution in [0.25, 0.3) is 0 Å². The number of fused-ring (bicyclic) bond motifs is 1. The maximum absolute atomic E-state index is 12.2. The van der Waals surface area contributed by atoms with Gasteiger partial charge in [-0.05, 0) is 26.0 Å². The molecule has 2 heterocycles. The van der Waals surface area contributed by atoms with Crippen LogP contribution in [-0.2, 0) is 18.9 Å². The van der Waals surface area contributed by atoms with Crippen molar-refractivity contribution in [3.63, 3.8) is 0 Å². The summed E-state index contributed by atoms with van der Waals surface area (Å²) in [4.78, 5) is 12.2. The molecule has 3 rings (SSSR count). The van der Waals surface area contributed by atoms with E-state index in [0.717, 1.165) is 0 Å². The van der Waals surface area contributed by atoms with Gasteiger partial charge in [0.25, 0.3) is 0 Å². The Labute approximate surface area is 133 Å². The molecule has 7 nitrogen and oxygen atoms in total. The molecule has 2 N–H and O–H groups in total. The van der Waals surface area contributed by atoms with Gasteiger partial charge in [-0.1, -0.05) is 18.2 Å². The van der Waals surface area contributed by atoms with Gasteiger partial charge in [-0.15, -0.1) is 0 Å². The van der Waals surface area contributed by atoms with Gasteiger partial charge in [-0.3, -0.25) is 0 Å². The molecule has 0 radical (unpaired) electrons. The SMILES string of the molecule is CC1(C)O[C@H]2[C@@H](O1)[C@H](OC(=O)c1ccccc1)O[C@@H]2[C@H](O)CO. The van der Waals surface area contributed by atoms with Gasteiger partial charge < -0.3 is 29.2 Å². The largest absolute Gasteiger partial charge is 0.429 e. The van der Waals surface area contributed by atoms with Crippen LogP contribution >= 0.6 is 0 Å². The van der Waals surface area contributed by atoms with E-state index >= 15 is 0 Å². The van der Waals surface area contributed by atoms with Crippen molar-refractivity contribution in [3.8, 4) is 0 Å². The maximum Gasteiger partial charge on any atom is 0.340 e. The first-order chi connectivity index (χ1) is 10.9. The third kappa shape index (κ3) is 3.24. The average molecular weight is 324 g/mol. The van der Waals surface area contributed by atoms with Crippen molar-refractivity contribution < 1.29 is 34.0 Å². The Balaban J connectivity index is 1.75. The monoisotopic (exact) mass is 324 g/mol. The first-order valence-electron chi connectivity index (χ1n) is 7.47. The van der Waals surface area contributed by atoms with E-state index in [-0.39, 0.29) is 0 Å². The lowest BCUT2D eigenvalue weighted by Gasteiger charge is -2.25.